The number of benzene rings is 1. The molecule has 3 heterocycles. The van der Waals surface area contributed by atoms with Crippen LogP contribution < -0.4 is 10.6 Å². The van der Waals surface area contributed by atoms with Crippen LogP contribution >= 0.6 is 0 Å². The molecule has 1 unspecified atom stereocenters. The summed E-state index contributed by atoms with van der Waals surface area (Å²) >= 11 is 0. The van der Waals surface area contributed by atoms with Crippen molar-refractivity contribution in [3.05, 3.63) is 94.6 Å². The standard InChI is InChI=1S/C41H56N6O13/c1-54-41(53)43-13-19-56-25-24-55-18-12-42-38(48)32-10-8-31(9-11-32)37(34-5-3-7-36(45-34)40(51)52)47-16-22-59-28-26-57-20-14-46(15-21-58-27-29-60-23-17-47)30-33-4-2-6-35(44-33)39(49)50/h2-11,37H,12-30H2,1H3,(H,42,48)(H,43,53)(H,49,50)(H,51,52). The number of amides is 2. The Kier molecular flexibility index (Phi) is 21.9. The van der Waals surface area contributed by atoms with Crippen LogP contribution in [0.1, 0.15) is 54.3 Å². The van der Waals surface area contributed by atoms with Crippen molar-refractivity contribution in [2.24, 2.45) is 0 Å². The molecule has 1 aliphatic rings. The molecule has 3 aromatic rings. The molecule has 19 nitrogen and oxygen atoms in total. The van der Waals surface area contributed by atoms with E-state index in [1.807, 2.05) is 12.1 Å². The van der Waals surface area contributed by atoms with Crippen LogP contribution in [0.2, 0.25) is 0 Å². The predicted octanol–water partition coefficient (Wildman–Crippen LogP) is 1.97. The van der Waals surface area contributed by atoms with Gasteiger partial charge in [0.1, 0.15) is 11.4 Å². The number of carboxylic acids is 2. The second-order valence-electron chi connectivity index (χ2n) is 13.3. The highest BCUT2D eigenvalue weighted by molar-refractivity contribution is 5.94. The monoisotopic (exact) mass is 840 g/mol. The number of carboxylic acid groups (broad SMARTS) is 2. The summed E-state index contributed by atoms with van der Waals surface area (Å²) in [5.41, 5.74) is 2.27. The van der Waals surface area contributed by atoms with E-state index < -0.39 is 24.1 Å². The van der Waals surface area contributed by atoms with Crippen molar-refractivity contribution < 1.29 is 62.5 Å². The van der Waals surface area contributed by atoms with Gasteiger partial charge in [0, 0.05) is 51.4 Å². The molecule has 0 bridgehead atoms. The first-order chi connectivity index (χ1) is 29.2. The molecule has 60 heavy (non-hydrogen) atoms. The SMILES string of the molecule is COC(=O)NCCOCCOCCNC(=O)c1ccc(C(c2cccc(C(=O)O)n2)N2CCOCCOCCN(Cc3cccc(C(=O)O)n3)CCOCCOCC2)cc1. The molecule has 1 atom stereocenters. The molecule has 0 saturated carbocycles. The fourth-order valence-electron chi connectivity index (χ4n) is 6.02. The molecule has 0 spiro atoms. The molecule has 0 radical (unpaired) electrons. The molecule has 0 aliphatic carbocycles. The van der Waals surface area contributed by atoms with Gasteiger partial charge in [0.25, 0.3) is 5.91 Å². The molecular formula is C41H56N6O13. The number of pyridine rings is 2. The van der Waals surface area contributed by atoms with Crippen molar-refractivity contribution in [3.63, 3.8) is 0 Å². The Morgan fingerprint density at radius 1 is 0.667 bits per heavy atom. The highest BCUT2D eigenvalue weighted by atomic mass is 16.5. The van der Waals surface area contributed by atoms with Crippen LogP contribution in [0.15, 0.2) is 60.7 Å². The Morgan fingerprint density at radius 3 is 1.77 bits per heavy atom. The third-order valence-corrected chi connectivity index (χ3v) is 9.03. The van der Waals surface area contributed by atoms with E-state index in [0.29, 0.717) is 129 Å². The molecule has 1 aromatic carbocycles. The quantitative estimate of drug-likeness (QED) is 0.142. The first kappa shape index (κ1) is 47.6. The average molecular weight is 841 g/mol. The molecular weight excluding hydrogens is 784 g/mol. The summed E-state index contributed by atoms with van der Waals surface area (Å²) in [6.45, 7) is 7.20. The predicted molar refractivity (Wildman–Crippen MR) is 215 cm³/mol. The van der Waals surface area contributed by atoms with Gasteiger partial charge in [0.05, 0.1) is 104 Å². The number of alkyl carbamates (subject to hydrolysis) is 1. The molecule has 2 aromatic heterocycles. The highest BCUT2D eigenvalue weighted by Gasteiger charge is 2.25. The lowest BCUT2D eigenvalue weighted by Crippen LogP contribution is -2.36. The van der Waals surface area contributed by atoms with Crippen LogP contribution in [-0.4, -0.2) is 180 Å². The molecule has 328 valence electrons. The number of aromatic carboxylic acids is 2. The van der Waals surface area contributed by atoms with Crippen molar-refractivity contribution in [1.29, 1.82) is 0 Å². The maximum atomic E-state index is 13.0. The van der Waals surface area contributed by atoms with Gasteiger partial charge in [-0.15, -0.1) is 0 Å². The van der Waals surface area contributed by atoms with Gasteiger partial charge in [-0.3, -0.25) is 14.6 Å². The fourth-order valence-corrected chi connectivity index (χ4v) is 6.02. The third-order valence-electron chi connectivity index (χ3n) is 9.03. The van der Waals surface area contributed by atoms with Gasteiger partial charge in [-0.2, -0.15) is 0 Å². The normalized spacial score (nSPS) is 16.1. The fraction of sp³-hybridized carbons (Fsp3) is 0.512. The lowest BCUT2D eigenvalue weighted by atomic mass is 9.99. The number of nitrogens with one attached hydrogen (secondary N) is 2. The molecule has 1 aliphatic heterocycles. The van der Waals surface area contributed by atoms with Gasteiger partial charge in [-0.25, -0.2) is 24.4 Å². The third kappa shape index (κ3) is 17.6. The summed E-state index contributed by atoms with van der Waals surface area (Å²) < 4.78 is 39.1. The maximum absolute atomic E-state index is 13.0. The van der Waals surface area contributed by atoms with Crippen LogP contribution in [0.3, 0.4) is 0 Å². The van der Waals surface area contributed by atoms with Crippen molar-refractivity contribution >= 4 is 23.9 Å². The number of methoxy groups -OCH3 is 1. The number of aromatic nitrogens is 2. The average Bonchev–Trinajstić information content (AvgIpc) is 3.25. The smallest absolute Gasteiger partial charge is 0.406 e. The van der Waals surface area contributed by atoms with Gasteiger partial charge in [0.2, 0.25) is 0 Å². The summed E-state index contributed by atoms with van der Waals surface area (Å²) in [6, 6.07) is 16.4. The molecule has 4 N–H and O–H groups in total. The Balaban J connectivity index is 1.34. The zero-order valence-corrected chi connectivity index (χ0v) is 34.0. The van der Waals surface area contributed by atoms with Crippen molar-refractivity contribution in [2.75, 3.05) is 126 Å². The minimum absolute atomic E-state index is 0.00746. The largest absolute Gasteiger partial charge is 0.477 e. The van der Waals surface area contributed by atoms with Crippen LogP contribution in [0.5, 0.6) is 0 Å². The number of carbonyl (C=O) groups excluding carboxylic acids is 2. The molecule has 19 heteroatoms. The lowest BCUT2D eigenvalue weighted by Gasteiger charge is -2.32. The van der Waals surface area contributed by atoms with Crippen LogP contribution in [0.4, 0.5) is 4.79 Å². The second kappa shape index (κ2) is 27.6. The van der Waals surface area contributed by atoms with E-state index in [9.17, 15) is 29.4 Å². The van der Waals surface area contributed by atoms with Crippen molar-refractivity contribution in [2.45, 2.75) is 12.6 Å². The summed E-state index contributed by atoms with van der Waals surface area (Å²) in [4.78, 5) is 60.3. The van der Waals surface area contributed by atoms with Gasteiger partial charge in [-0.1, -0.05) is 24.3 Å². The van der Waals surface area contributed by atoms with Gasteiger partial charge in [-0.05, 0) is 42.0 Å². The van der Waals surface area contributed by atoms with E-state index in [1.54, 1.807) is 36.4 Å². The van der Waals surface area contributed by atoms with E-state index >= 15 is 0 Å². The number of ether oxygens (including phenoxy) is 7. The number of rotatable bonds is 17. The number of carbonyl (C=O) groups is 4. The first-order valence-electron chi connectivity index (χ1n) is 19.8. The van der Waals surface area contributed by atoms with E-state index in [-0.39, 0.29) is 30.4 Å². The number of hydrogen-bond acceptors (Lipinski definition) is 15. The topological polar surface area (TPSA) is 230 Å². The Labute approximate surface area is 349 Å². The first-order valence-corrected chi connectivity index (χ1v) is 19.8. The number of hydrogen-bond donors (Lipinski definition) is 4. The summed E-state index contributed by atoms with van der Waals surface area (Å²) in [5, 5.41) is 24.5. The van der Waals surface area contributed by atoms with Gasteiger partial charge < -0.3 is 54.0 Å². The molecule has 2 amide bonds. The van der Waals surface area contributed by atoms with Gasteiger partial charge >= 0.3 is 18.0 Å². The zero-order valence-electron chi connectivity index (χ0n) is 34.0. The minimum Gasteiger partial charge on any atom is -0.477 e. The summed E-state index contributed by atoms with van der Waals surface area (Å²) in [6.07, 6.45) is -0.525. The van der Waals surface area contributed by atoms with Crippen LogP contribution in [-0.2, 0) is 39.7 Å². The Hall–Kier alpha value is -5.12. The summed E-state index contributed by atoms with van der Waals surface area (Å²) in [7, 11) is 1.29. The van der Waals surface area contributed by atoms with Gasteiger partial charge in [0.15, 0.2) is 0 Å². The number of nitrogens with zero attached hydrogens (tertiary/aromatic N) is 4. The Bertz CT molecular complexity index is 1730. The molecule has 4 rings (SSSR count). The Morgan fingerprint density at radius 2 is 1.20 bits per heavy atom. The highest BCUT2D eigenvalue weighted by Crippen LogP contribution is 2.28. The maximum Gasteiger partial charge on any atom is 0.406 e. The van der Waals surface area contributed by atoms with E-state index in [2.05, 4.69) is 35.1 Å². The van der Waals surface area contributed by atoms with E-state index in [1.165, 1.54) is 19.2 Å². The zero-order chi connectivity index (χ0) is 42.8. The molecule has 1 saturated heterocycles. The van der Waals surface area contributed by atoms with E-state index in [0.717, 1.165) is 5.56 Å². The van der Waals surface area contributed by atoms with Crippen LogP contribution in [0, 0.1) is 0 Å². The minimum atomic E-state index is -1.15. The second-order valence-corrected chi connectivity index (χ2v) is 13.3. The lowest BCUT2D eigenvalue weighted by molar-refractivity contribution is 0.00331. The van der Waals surface area contributed by atoms with Crippen LogP contribution in [0.25, 0.3) is 0 Å². The van der Waals surface area contributed by atoms with Crippen molar-refractivity contribution in [3.8, 4) is 0 Å². The summed E-state index contributed by atoms with van der Waals surface area (Å²) in [5.74, 6) is -2.51. The van der Waals surface area contributed by atoms with E-state index in [4.69, 9.17) is 28.4 Å². The molecule has 1 fully saturated rings. The van der Waals surface area contributed by atoms with Crippen molar-refractivity contribution in [1.82, 2.24) is 30.4 Å².